The van der Waals surface area contributed by atoms with Gasteiger partial charge in [-0.2, -0.15) is 0 Å². The highest BCUT2D eigenvalue weighted by molar-refractivity contribution is 6.12. The van der Waals surface area contributed by atoms with Crippen molar-refractivity contribution in [2.45, 2.75) is 33.1 Å². The fraction of sp³-hybridized carbons (Fsp3) is 0.304. The van der Waals surface area contributed by atoms with Gasteiger partial charge in [0.15, 0.2) is 17.2 Å². The molecule has 5 nitrogen and oxygen atoms in total. The summed E-state index contributed by atoms with van der Waals surface area (Å²) in [5.41, 5.74) is 3.05. The molecule has 0 atom stereocenters. The SMILES string of the molecule is CCCOc1ccc(/C=C2\N=C(c3ccc(C(C)C)cc3)OC2=O)cc1OC. The third-order valence-corrected chi connectivity index (χ3v) is 4.40. The van der Waals surface area contributed by atoms with Crippen LogP contribution in [0.2, 0.25) is 0 Å². The molecule has 0 aliphatic carbocycles. The minimum absolute atomic E-state index is 0.257. The van der Waals surface area contributed by atoms with Crippen molar-refractivity contribution in [3.8, 4) is 11.5 Å². The lowest BCUT2D eigenvalue weighted by Gasteiger charge is -2.10. The van der Waals surface area contributed by atoms with Crippen molar-refractivity contribution in [1.29, 1.82) is 0 Å². The number of esters is 1. The van der Waals surface area contributed by atoms with E-state index in [9.17, 15) is 4.79 Å². The van der Waals surface area contributed by atoms with E-state index in [4.69, 9.17) is 14.2 Å². The number of nitrogens with zero attached hydrogens (tertiary/aromatic N) is 1. The zero-order valence-electron chi connectivity index (χ0n) is 16.7. The van der Waals surface area contributed by atoms with E-state index < -0.39 is 5.97 Å². The molecule has 0 aromatic heterocycles. The molecule has 0 bridgehead atoms. The Hall–Kier alpha value is -3.08. The summed E-state index contributed by atoms with van der Waals surface area (Å²) in [4.78, 5) is 16.6. The van der Waals surface area contributed by atoms with Gasteiger partial charge in [-0.3, -0.25) is 0 Å². The van der Waals surface area contributed by atoms with E-state index in [2.05, 4.69) is 18.8 Å². The van der Waals surface area contributed by atoms with Crippen molar-refractivity contribution in [3.63, 3.8) is 0 Å². The molecule has 146 valence electrons. The summed E-state index contributed by atoms with van der Waals surface area (Å²) in [6, 6.07) is 13.4. The van der Waals surface area contributed by atoms with Crippen molar-refractivity contribution in [2.75, 3.05) is 13.7 Å². The first-order chi connectivity index (χ1) is 13.5. The summed E-state index contributed by atoms with van der Waals surface area (Å²) >= 11 is 0. The van der Waals surface area contributed by atoms with Crippen LogP contribution in [0.3, 0.4) is 0 Å². The van der Waals surface area contributed by atoms with Crippen LogP contribution in [-0.4, -0.2) is 25.6 Å². The Morgan fingerprint density at radius 2 is 1.86 bits per heavy atom. The minimum atomic E-state index is -0.465. The van der Waals surface area contributed by atoms with Crippen LogP contribution in [0.5, 0.6) is 11.5 Å². The average Bonchev–Trinajstić information content (AvgIpc) is 3.07. The smallest absolute Gasteiger partial charge is 0.363 e. The fourth-order valence-electron chi connectivity index (χ4n) is 2.81. The predicted octanol–water partition coefficient (Wildman–Crippen LogP) is 4.95. The number of carbonyl (C=O) groups excluding carboxylic acids is 1. The standard InChI is InChI=1S/C23H25NO4/c1-5-12-27-20-11-6-16(14-21(20)26-4)13-19-23(25)28-22(24-19)18-9-7-17(8-10-18)15(2)3/h6-11,13-15H,5,12H2,1-4H3/b19-13-. The maximum absolute atomic E-state index is 12.2. The van der Waals surface area contributed by atoms with Gasteiger partial charge in [0.1, 0.15) is 0 Å². The first-order valence-corrected chi connectivity index (χ1v) is 9.45. The number of hydrogen-bond acceptors (Lipinski definition) is 5. The lowest BCUT2D eigenvalue weighted by Crippen LogP contribution is -2.05. The van der Waals surface area contributed by atoms with E-state index in [0.29, 0.717) is 29.9 Å². The Bertz CT molecular complexity index is 911. The number of rotatable bonds is 7. The summed E-state index contributed by atoms with van der Waals surface area (Å²) in [7, 11) is 1.59. The highest BCUT2D eigenvalue weighted by Gasteiger charge is 2.24. The molecule has 0 unspecified atom stereocenters. The highest BCUT2D eigenvalue weighted by atomic mass is 16.6. The second-order valence-corrected chi connectivity index (χ2v) is 6.87. The topological polar surface area (TPSA) is 57.1 Å². The van der Waals surface area contributed by atoms with Gasteiger partial charge >= 0.3 is 5.97 Å². The van der Waals surface area contributed by atoms with Gasteiger partial charge in [0, 0.05) is 5.56 Å². The van der Waals surface area contributed by atoms with Crippen molar-refractivity contribution in [3.05, 3.63) is 64.9 Å². The van der Waals surface area contributed by atoms with Crippen LogP contribution in [0.4, 0.5) is 0 Å². The first kappa shape index (κ1) is 19.7. The van der Waals surface area contributed by atoms with Gasteiger partial charge in [-0.05, 0) is 53.8 Å². The van der Waals surface area contributed by atoms with Crippen LogP contribution in [0.1, 0.15) is 49.8 Å². The van der Waals surface area contributed by atoms with Gasteiger partial charge in [-0.25, -0.2) is 9.79 Å². The largest absolute Gasteiger partial charge is 0.493 e. The zero-order chi connectivity index (χ0) is 20.1. The molecule has 0 amide bonds. The summed E-state index contributed by atoms with van der Waals surface area (Å²) in [6.45, 7) is 6.93. The molecule has 0 N–H and O–H groups in total. The van der Waals surface area contributed by atoms with Gasteiger partial charge < -0.3 is 14.2 Å². The summed E-state index contributed by atoms with van der Waals surface area (Å²) in [6.07, 6.45) is 2.60. The normalized spacial score (nSPS) is 15.0. The van der Waals surface area contributed by atoms with Gasteiger partial charge in [0.05, 0.1) is 13.7 Å². The molecule has 0 spiro atoms. The fourth-order valence-corrected chi connectivity index (χ4v) is 2.81. The summed E-state index contributed by atoms with van der Waals surface area (Å²) in [5.74, 6) is 1.59. The molecule has 5 heteroatoms. The predicted molar refractivity (Wildman–Crippen MR) is 110 cm³/mol. The first-order valence-electron chi connectivity index (χ1n) is 9.45. The number of methoxy groups -OCH3 is 1. The molecular weight excluding hydrogens is 354 g/mol. The number of carbonyl (C=O) groups is 1. The van der Waals surface area contributed by atoms with Crippen molar-refractivity contribution in [2.24, 2.45) is 4.99 Å². The molecule has 3 rings (SSSR count). The Kier molecular flexibility index (Phi) is 6.14. The lowest BCUT2D eigenvalue weighted by molar-refractivity contribution is -0.129. The monoisotopic (exact) mass is 379 g/mol. The molecule has 0 saturated carbocycles. The Balaban J connectivity index is 1.84. The molecule has 0 fully saturated rings. The van der Waals surface area contributed by atoms with Crippen molar-refractivity contribution >= 4 is 17.9 Å². The lowest BCUT2D eigenvalue weighted by atomic mass is 10.0. The van der Waals surface area contributed by atoms with Crippen molar-refractivity contribution in [1.82, 2.24) is 0 Å². The minimum Gasteiger partial charge on any atom is -0.493 e. The second-order valence-electron chi connectivity index (χ2n) is 6.87. The van der Waals surface area contributed by atoms with Crippen LogP contribution >= 0.6 is 0 Å². The van der Waals surface area contributed by atoms with E-state index in [1.54, 1.807) is 13.2 Å². The molecule has 1 aliphatic heterocycles. The molecule has 2 aromatic carbocycles. The maximum Gasteiger partial charge on any atom is 0.363 e. The van der Waals surface area contributed by atoms with E-state index in [1.165, 1.54) is 5.56 Å². The number of hydrogen-bond donors (Lipinski definition) is 0. The molecular formula is C23H25NO4. The average molecular weight is 379 g/mol. The highest BCUT2D eigenvalue weighted by Crippen LogP contribution is 2.30. The van der Waals surface area contributed by atoms with Gasteiger partial charge in [-0.15, -0.1) is 0 Å². The van der Waals surface area contributed by atoms with E-state index in [-0.39, 0.29) is 5.70 Å². The maximum atomic E-state index is 12.2. The zero-order valence-corrected chi connectivity index (χ0v) is 16.7. The number of aliphatic imine (C=N–C) groups is 1. The molecule has 1 aliphatic rings. The third-order valence-electron chi connectivity index (χ3n) is 4.40. The molecule has 1 heterocycles. The molecule has 0 radical (unpaired) electrons. The number of cyclic esters (lactones) is 1. The molecule has 28 heavy (non-hydrogen) atoms. The Labute approximate surface area is 165 Å². The van der Waals surface area contributed by atoms with Gasteiger partial charge in [0.2, 0.25) is 5.90 Å². The second kappa shape index (κ2) is 8.74. The quantitative estimate of drug-likeness (QED) is 0.504. The van der Waals surface area contributed by atoms with E-state index in [0.717, 1.165) is 17.5 Å². The van der Waals surface area contributed by atoms with Gasteiger partial charge in [0.25, 0.3) is 0 Å². The number of ether oxygens (including phenoxy) is 3. The summed E-state index contributed by atoms with van der Waals surface area (Å²) < 4.78 is 16.4. The van der Waals surface area contributed by atoms with E-state index in [1.807, 2.05) is 49.4 Å². The summed E-state index contributed by atoms with van der Waals surface area (Å²) in [5, 5.41) is 0. The van der Waals surface area contributed by atoms with Gasteiger partial charge in [-0.1, -0.05) is 39.0 Å². The van der Waals surface area contributed by atoms with Crippen molar-refractivity contribution < 1.29 is 19.0 Å². The van der Waals surface area contributed by atoms with Crippen LogP contribution in [0, 0.1) is 0 Å². The van der Waals surface area contributed by atoms with Crippen LogP contribution in [0.25, 0.3) is 6.08 Å². The third kappa shape index (κ3) is 4.42. The molecule has 0 saturated heterocycles. The Morgan fingerprint density at radius 1 is 1.11 bits per heavy atom. The number of benzene rings is 2. The van der Waals surface area contributed by atoms with E-state index >= 15 is 0 Å². The van der Waals surface area contributed by atoms with Crippen LogP contribution < -0.4 is 9.47 Å². The van der Waals surface area contributed by atoms with Crippen LogP contribution in [-0.2, 0) is 9.53 Å². The van der Waals surface area contributed by atoms with Crippen LogP contribution in [0.15, 0.2) is 53.2 Å². The molecule has 2 aromatic rings. The Morgan fingerprint density at radius 3 is 2.50 bits per heavy atom.